The zero-order chi connectivity index (χ0) is 35.8. The molecular weight excluding hydrogens is 860 g/mol. The zero-order valence-corrected chi connectivity index (χ0v) is 33.7. The predicted molar refractivity (Wildman–Crippen MR) is 203 cm³/mol. The van der Waals surface area contributed by atoms with E-state index in [0.717, 1.165) is 44.1 Å². The van der Waals surface area contributed by atoms with Gasteiger partial charge in [0.1, 0.15) is 8.42 Å². The van der Waals surface area contributed by atoms with Crippen LogP contribution in [0.5, 0.6) is 0 Å². The van der Waals surface area contributed by atoms with Crippen molar-refractivity contribution in [3.8, 4) is 0 Å². The first kappa shape index (κ1) is 39.6. The normalized spacial score (nSPS) is 18.5. The number of nitrogens with zero attached hydrogens (tertiary/aromatic N) is 3. The molecule has 2 fully saturated rings. The molecule has 264 valence electrons. The summed E-state index contributed by atoms with van der Waals surface area (Å²) in [5.74, 6) is 0.0855. The summed E-state index contributed by atoms with van der Waals surface area (Å²) in [7, 11) is -2.01. The Hall–Kier alpha value is -2.15. The molecule has 0 bridgehead atoms. The second-order valence-corrected chi connectivity index (χ2v) is 20.9. The summed E-state index contributed by atoms with van der Waals surface area (Å²) < 4.78 is 50.3. The molecule has 2 aliphatic heterocycles. The Morgan fingerprint density at radius 2 is 1.20 bits per heavy atom. The maximum atomic E-state index is 12.8. The molecule has 2 aromatic heterocycles. The highest BCUT2D eigenvalue weighted by molar-refractivity contribution is 9.11. The minimum absolute atomic E-state index is 0.0571. The van der Waals surface area contributed by atoms with Crippen molar-refractivity contribution < 1.29 is 26.4 Å². The summed E-state index contributed by atoms with van der Waals surface area (Å²) in [6.45, 7) is 7.52. The van der Waals surface area contributed by atoms with Gasteiger partial charge in [0.05, 0.1) is 7.57 Å². The van der Waals surface area contributed by atoms with Gasteiger partial charge < -0.3 is 15.1 Å². The van der Waals surface area contributed by atoms with Crippen LogP contribution in [0.3, 0.4) is 0 Å². The predicted octanol–water partition coefficient (Wildman–Crippen LogP) is 6.60. The van der Waals surface area contributed by atoms with Crippen molar-refractivity contribution in [1.82, 2.24) is 19.4 Å². The lowest BCUT2D eigenvalue weighted by molar-refractivity contribution is 0.0642. The van der Waals surface area contributed by atoms with E-state index in [0.29, 0.717) is 35.4 Å². The fourth-order valence-electron chi connectivity index (χ4n) is 5.11. The molecule has 6 rings (SSSR count). The van der Waals surface area contributed by atoms with Crippen LogP contribution < -0.4 is 5.32 Å². The van der Waals surface area contributed by atoms with Crippen LogP contribution in [0.2, 0.25) is 0 Å². The van der Waals surface area contributed by atoms with Gasteiger partial charge in [-0.15, -0.1) is 22.7 Å². The molecule has 0 aliphatic carbocycles. The third-order valence-electron chi connectivity index (χ3n) is 7.45. The van der Waals surface area contributed by atoms with Crippen molar-refractivity contribution in [3.63, 3.8) is 0 Å². The summed E-state index contributed by atoms with van der Waals surface area (Å²) in [6, 6.07) is 25.1. The van der Waals surface area contributed by atoms with Crippen molar-refractivity contribution in [2.75, 3.05) is 39.3 Å². The maximum Gasteiger partial charge on any atom is 0.270 e. The van der Waals surface area contributed by atoms with Crippen molar-refractivity contribution in [3.05, 3.63) is 104 Å². The minimum Gasteiger partial charge on any atom is -0.336 e. The number of hydrogen-bond acceptors (Lipinski definition) is 9. The average molecular weight is 895 g/mol. The number of sulfonamides is 1. The van der Waals surface area contributed by atoms with Crippen LogP contribution in [0.4, 0.5) is 0 Å². The summed E-state index contributed by atoms with van der Waals surface area (Å²) in [5.41, 5.74) is 1.41. The Bertz CT molecular complexity index is 1930. The number of carbonyl (C=O) groups excluding carboxylic acids is 2. The van der Waals surface area contributed by atoms with Crippen molar-refractivity contribution in [2.45, 2.75) is 34.3 Å². The first-order valence-corrected chi connectivity index (χ1v) is 22.0. The van der Waals surface area contributed by atoms with Gasteiger partial charge in [0.15, 0.2) is 0 Å². The van der Waals surface area contributed by atoms with Gasteiger partial charge in [0, 0.05) is 73.2 Å². The molecule has 0 radical (unpaired) electrons. The van der Waals surface area contributed by atoms with Crippen molar-refractivity contribution in [1.29, 1.82) is 0 Å². The molecule has 2 saturated heterocycles. The molecule has 17 heteroatoms. The lowest BCUT2D eigenvalue weighted by atomic mass is 10.1. The van der Waals surface area contributed by atoms with Gasteiger partial charge >= 0.3 is 0 Å². The van der Waals surface area contributed by atoms with Crippen LogP contribution >= 0.6 is 65.2 Å². The van der Waals surface area contributed by atoms with Gasteiger partial charge in [0.25, 0.3) is 30.9 Å². The lowest BCUT2D eigenvalue weighted by Gasteiger charge is -2.38. The standard InChI is InChI=1S/C16H17BrN2O3S2.C12H16N2O.C4H2BrClO2S2/c1-12-11-18(16(20)13-5-3-2-4-6-13)9-10-19(12)24(21,22)15-8-7-14(17)23-15;1-10-9-14(8-7-13-10)12(15)11-5-3-2-4-6-11;5-3-1-2-4(9-3)10(6,7)8/h2-8,12H,9-11H2,1H3;2-6,10,13H,7-9H2,1H3;1-2H/t12-;10-;/m11./s1. The van der Waals surface area contributed by atoms with E-state index in [1.54, 1.807) is 35.2 Å². The Kier molecular flexibility index (Phi) is 14.5. The second-order valence-electron chi connectivity index (χ2n) is 11.1. The fourth-order valence-corrected chi connectivity index (χ4v) is 11.6. The summed E-state index contributed by atoms with van der Waals surface area (Å²) in [5, 5.41) is 3.32. The molecule has 2 aromatic carbocycles. The Morgan fingerprint density at radius 3 is 1.61 bits per heavy atom. The highest BCUT2D eigenvalue weighted by Crippen LogP contribution is 2.31. The third-order valence-corrected chi connectivity index (χ3v) is 15.3. The van der Waals surface area contributed by atoms with Gasteiger partial charge in [-0.1, -0.05) is 36.4 Å². The number of nitrogens with one attached hydrogen (secondary N) is 1. The summed E-state index contributed by atoms with van der Waals surface area (Å²) in [6.07, 6.45) is 0. The number of benzene rings is 2. The Balaban J connectivity index is 0.000000184. The van der Waals surface area contributed by atoms with Crippen LogP contribution in [-0.2, 0) is 19.1 Å². The number of hydrogen-bond donors (Lipinski definition) is 1. The lowest BCUT2D eigenvalue weighted by Crippen LogP contribution is -2.55. The molecule has 2 atom stereocenters. The quantitative estimate of drug-likeness (QED) is 0.224. The van der Waals surface area contributed by atoms with E-state index in [4.69, 9.17) is 10.7 Å². The van der Waals surface area contributed by atoms with E-state index in [2.05, 4.69) is 44.1 Å². The van der Waals surface area contributed by atoms with Crippen molar-refractivity contribution >= 4 is 96.1 Å². The van der Waals surface area contributed by atoms with E-state index >= 15 is 0 Å². The molecule has 49 heavy (non-hydrogen) atoms. The first-order chi connectivity index (χ1) is 23.2. The van der Waals surface area contributed by atoms with E-state index in [9.17, 15) is 26.4 Å². The second kappa shape index (κ2) is 17.9. The van der Waals surface area contributed by atoms with E-state index in [1.807, 2.05) is 60.4 Å². The van der Waals surface area contributed by atoms with Gasteiger partial charge in [-0.05, 0) is 94.2 Å². The molecule has 10 nitrogen and oxygen atoms in total. The van der Waals surface area contributed by atoms with E-state index in [1.165, 1.54) is 21.7 Å². The van der Waals surface area contributed by atoms with Gasteiger partial charge in [-0.2, -0.15) is 4.31 Å². The van der Waals surface area contributed by atoms with Crippen LogP contribution in [0, 0.1) is 0 Å². The number of amides is 2. The van der Waals surface area contributed by atoms with E-state index < -0.39 is 19.1 Å². The van der Waals surface area contributed by atoms with Gasteiger partial charge in [0.2, 0.25) is 0 Å². The third kappa shape index (κ3) is 11.2. The van der Waals surface area contributed by atoms with Crippen LogP contribution in [0.25, 0.3) is 0 Å². The molecule has 0 spiro atoms. The number of carbonyl (C=O) groups is 2. The molecule has 0 saturated carbocycles. The topological polar surface area (TPSA) is 124 Å². The number of rotatable bonds is 5. The minimum atomic E-state index is -3.52. The molecule has 0 unspecified atom stereocenters. The molecule has 4 aromatic rings. The smallest absolute Gasteiger partial charge is 0.270 e. The monoisotopic (exact) mass is 892 g/mol. The zero-order valence-electron chi connectivity index (χ0n) is 26.5. The molecule has 1 N–H and O–H groups in total. The molecule has 2 aliphatic rings. The molecular formula is C32H35Br2ClN4O6S4. The van der Waals surface area contributed by atoms with Crippen LogP contribution in [0.1, 0.15) is 34.6 Å². The largest absolute Gasteiger partial charge is 0.336 e. The number of thiophene rings is 2. The van der Waals surface area contributed by atoms with Crippen molar-refractivity contribution in [2.24, 2.45) is 0 Å². The highest BCUT2D eigenvalue weighted by Gasteiger charge is 2.36. The SMILES string of the molecule is C[C@@H]1CN(C(=O)c2ccccc2)CCN1.C[C@@H]1CN(C(=O)c2ccccc2)CCN1S(=O)(=O)c1ccc(Br)s1.O=S(=O)(Cl)c1ccc(Br)s1. The number of halogens is 3. The first-order valence-electron chi connectivity index (χ1n) is 15.1. The Labute approximate surface area is 316 Å². The number of piperazine rings is 2. The average Bonchev–Trinajstić information content (AvgIpc) is 3.74. The van der Waals surface area contributed by atoms with Gasteiger partial charge in [-0.25, -0.2) is 16.8 Å². The van der Waals surface area contributed by atoms with Crippen LogP contribution in [-0.4, -0.2) is 94.1 Å². The van der Waals surface area contributed by atoms with E-state index in [-0.39, 0.29) is 22.1 Å². The summed E-state index contributed by atoms with van der Waals surface area (Å²) >= 11 is 8.71. The fraction of sp³-hybridized carbons (Fsp3) is 0.312. The molecule has 2 amide bonds. The summed E-state index contributed by atoms with van der Waals surface area (Å²) in [4.78, 5) is 28.2. The maximum absolute atomic E-state index is 12.8. The van der Waals surface area contributed by atoms with Gasteiger partial charge in [-0.3, -0.25) is 9.59 Å². The van der Waals surface area contributed by atoms with Crippen LogP contribution in [0.15, 0.2) is 101 Å². The molecule has 4 heterocycles. The highest BCUT2D eigenvalue weighted by atomic mass is 79.9. The Morgan fingerprint density at radius 1 is 0.714 bits per heavy atom.